The zero-order valence-corrected chi connectivity index (χ0v) is 5.98. The highest BCUT2D eigenvalue weighted by molar-refractivity contribution is 4.70. The third-order valence-electron chi connectivity index (χ3n) is 2.38. The Kier molecular flexibility index (Phi) is 3.92. The molecule has 0 aliphatic heterocycles. The van der Waals surface area contributed by atoms with Crippen LogP contribution in [0.1, 0.15) is 48.4 Å². The molecule has 0 spiro atoms. The Morgan fingerprint density at radius 2 is 2.11 bits per heavy atom. The fourth-order valence-corrected chi connectivity index (χ4v) is 1.70. The third kappa shape index (κ3) is 2.38. The van der Waals surface area contributed by atoms with Gasteiger partial charge in [-0.1, -0.05) is 40.5 Å². The number of rotatable bonds is 1. The van der Waals surface area contributed by atoms with Gasteiger partial charge in [-0.15, -0.1) is 0 Å². The zero-order chi connectivity index (χ0) is 5.98. The summed E-state index contributed by atoms with van der Waals surface area (Å²) in [7, 11) is 0. The van der Waals surface area contributed by atoms with Crippen LogP contribution in [0.25, 0.3) is 0 Å². The van der Waals surface area contributed by atoms with E-state index in [-0.39, 0.29) is 8.85 Å². The van der Waals surface area contributed by atoms with Crippen LogP contribution in [0.4, 0.5) is 0 Å². The predicted molar refractivity (Wildman–Crippen MR) is 45.6 cm³/mol. The molecule has 1 saturated carbocycles. The van der Waals surface area contributed by atoms with Crippen LogP contribution in [0.2, 0.25) is 0 Å². The standard InChI is InChI=1S/C8H16.CH4.H2/c1-3-8-5-4-7(2)6-8;;/h7-8H,3-6H2,1-2H3;1H4;1H/t7-,8-;;/m0../s1. The molecule has 58 valence electrons. The summed E-state index contributed by atoms with van der Waals surface area (Å²) in [6.45, 7) is 4.68. The number of hydrogen-bond acceptors (Lipinski definition) is 0. The van der Waals surface area contributed by atoms with E-state index in [9.17, 15) is 0 Å². The van der Waals surface area contributed by atoms with Gasteiger partial charge in [-0.25, -0.2) is 0 Å². The first-order valence-electron chi connectivity index (χ1n) is 3.83. The molecule has 0 aromatic heterocycles. The molecule has 2 atom stereocenters. The first-order valence-corrected chi connectivity index (χ1v) is 3.83. The van der Waals surface area contributed by atoms with Crippen LogP contribution in [-0.4, -0.2) is 0 Å². The fourth-order valence-electron chi connectivity index (χ4n) is 1.70. The van der Waals surface area contributed by atoms with Crippen LogP contribution < -0.4 is 0 Å². The lowest BCUT2D eigenvalue weighted by Gasteiger charge is -2.02. The summed E-state index contributed by atoms with van der Waals surface area (Å²) in [4.78, 5) is 0. The molecular formula is C9H22. The summed E-state index contributed by atoms with van der Waals surface area (Å²) in [5.74, 6) is 2.10. The summed E-state index contributed by atoms with van der Waals surface area (Å²) in [5, 5.41) is 0. The Hall–Kier alpha value is 0. The SMILES string of the molecule is C.CC[C@H]1CC[C@H](C)C1.[HH]. The third-order valence-corrected chi connectivity index (χ3v) is 2.38. The van der Waals surface area contributed by atoms with Crippen LogP contribution in [-0.2, 0) is 0 Å². The van der Waals surface area contributed by atoms with Crippen LogP contribution in [0, 0.1) is 11.8 Å². The molecule has 1 aliphatic rings. The molecule has 1 fully saturated rings. The minimum Gasteiger partial charge on any atom is -0.0776 e. The Bertz CT molecular complexity index is 71.1. The highest BCUT2D eigenvalue weighted by Crippen LogP contribution is 2.31. The maximum atomic E-state index is 2.37. The summed E-state index contributed by atoms with van der Waals surface area (Å²) in [6, 6.07) is 0. The van der Waals surface area contributed by atoms with Crippen molar-refractivity contribution < 1.29 is 1.43 Å². The van der Waals surface area contributed by atoms with E-state index in [2.05, 4.69) is 13.8 Å². The molecule has 0 aromatic carbocycles. The van der Waals surface area contributed by atoms with Gasteiger partial charge in [-0.3, -0.25) is 0 Å². The van der Waals surface area contributed by atoms with E-state index in [0.717, 1.165) is 11.8 Å². The molecule has 0 heterocycles. The second-order valence-corrected chi connectivity index (χ2v) is 3.19. The molecule has 0 saturated heterocycles. The topological polar surface area (TPSA) is 0 Å². The van der Waals surface area contributed by atoms with Gasteiger partial charge in [0.2, 0.25) is 0 Å². The normalized spacial score (nSPS) is 34.0. The van der Waals surface area contributed by atoms with Crippen molar-refractivity contribution in [2.75, 3.05) is 0 Å². The lowest BCUT2D eigenvalue weighted by atomic mass is 10.0. The van der Waals surface area contributed by atoms with E-state index >= 15 is 0 Å². The van der Waals surface area contributed by atoms with Crippen LogP contribution >= 0.6 is 0 Å². The van der Waals surface area contributed by atoms with Gasteiger partial charge >= 0.3 is 0 Å². The fraction of sp³-hybridized carbons (Fsp3) is 1.00. The Morgan fingerprint density at radius 3 is 2.33 bits per heavy atom. The van der Waals surface area contributed by atoms with Gasteiger partial charge in [0.15, 0.2) is 0 Å². The summed E-state index contributed by atoms with van der Waals surface area (Å²) in [5.41, 5.74) is 0. The minimum absolute atomic E-state index is 0. The van der Waals surface area contributed by atoms with Crippen molar-refractivity contribution in [2.24, 2.45) is 11.8 Å². The molecule has 0 N–H and O–H groups in total. The van der Waals surface area contributed by atoms with Crippen molar-refractivity contribution in [1.82, 2.24) is 0 Å². The van der Waals surface area contributed by atoms with Gasteiger partial charge in [0.05, 0.1) is 0 Å². The van der Waals surface area contributed by atoms with E-state index in [1.165, 1.54) is 25.7 Å². The summed E-state index contributed by atoms with van der Waals surface area (Å²) in [6.07, 6.45) is 5.89. The molecule has 9 heavy (non-hydrogen) atoms. The molecular weight excluding hydrogens is 108 g/mol. The van der Waals surface area contributed by atoms with Gasteiger partial charge in [0.25, 0.3) is 0 Å². The van der Waals surface area contributed by atoms with Crippen LogP contribution in [0.15, 0.2) is 0 Å². The molecule has 0 aromatic rings. The molecule has 0 unspecified atom stereocenters. The maximum Gasteiger partial charge on any atom is 0 e. The van der Waals surface area contributed by atoms with Gasteiger partial charge in [0.1, 0.15) is 0 Å². The highest BCUT2D eigenvalue weighted by Gasteiger charge is 2.18. The number of hydrogen-bond donors (Lipinski definition) is 0. The van der Waals surface area contributed by atoms with E-state index in [1.807, 2.05) is 0 Å². The average Bonchev–Trinajstić information content (AvgIpc) is 2.14. The zero-order valence-electron chi connectivity index (χ0n) is 5.98. The van der Waals surface area contributed by atoms with Crippen molar-refractivity contribution >= 4 is 0 Å². The minimum atomic E-state index is 0. The Morgan fingerprint density at radius 1 is 1.44 bits per heavy atom. The van der Waals surface area contributed by atoms with Crippen molar-refractivity contribution in [2.45, 2.75) is 47.0 Å². The molecule has 0 bridgehead atoms. The van der Waals surface area contributed by atoms with Gasteiger partial charge in [0, 0.05) is 1.43 Å². The van der Waals surface area contributed by atoms with Crippen molar-refractivity contribution in [3.05, 3.63) is 0 Å². The van der Waals surface area contributed by atoms with Crippen LogP contribution in [0.5, 0.6) is 0 Å². The van der Waals surface area contributed by atoms with Gasteiger partial charge in [-0.2, -0.15) is 0 Å². The quantitative estimate of drug-likeness (QED) is 0.507. The van der Waals surface area contributed by atoms with E-state index in [4.69, 9.17) is 0 Å². The molecule has 1 aliphatic carbocycles. The molecule has 0 nitrogen and oxygen atoms in total. The first kappa shape index (κ1) is 9.00. The summed E-state index contributed by atoms with van der Waals surface area (Å²) < 4.78 is 0. The smallest absolute Gasteiger partial charge is 0 e. The molecule has 0 heteroatoms. The average molecular weight is 130 g/mol. The van der Waals surface area contributed by atoms with Crippen molar-refractivity contribution in [1.29, 1.82) is 0 Å². The first-order chi connectivity index (χ1) is 3.83. The van der Waals surface area contributed by atoms with Gasteiger partial charge in [-0.05, 0) is 18.3 Å². The van der Waals surface area contributed by atoms with E-state index in [1.54, 1.807) is 0 Å². The van der Waals surface area contributed by atoms with Crippen molar-refractivity contribution in [3.8, 4) is 0 Å². The predicted octanol–water partition coefficient (Wildman–Crippen LogP) is 3.71. The molecule has 0 radical (unpaired) electrons. The van der Waals surface area contributed by atoms with Gasteiger partial charge < -0.3 is 0 Å². The van der Waals surface area contributed by atoms with E-state index < -0.39 is 0 Å². The molecule has 1 rings (SSSR count). The second-order valence-electron chi connectivity index (χ2n) is 3.19. The van der Waals surface area contributed by atoms with Crippen LogP contribution in [0.3, 0.4) is 0 Å². The second kappa shape index (κ2) is 3.92. The maximum absolute atomic E-state index is 2.37. The van der Waals surface area contributed by atoms with E-state index in [0.29, 0.717) is 0 Å². The summed E-state index contributed by atoms with van der Waals surface area (Å²) >= 11 is 0. The molecule has 0 amide bonds. The highest BCUT2D eigenvalue weighted by atomic mass is 14.2. The largest absolute Gasteiger partial charge is 0.0776 e. The lowest BCUT2D eigenvalue weighted by molar-refractivity contribution is 0.501. The van der Waals surface area contributed by atoms with Crippen molar-refractivity contribution in [3.63, 3.8) is 0 Å². The monoisotopic (exact) mass is 130 g/mol. The lowest BCUT2D eigenvalue weighted by Crippen LogP contribution is -1.89. The Labute approximate surface area is 61.1 Å². The Balaban J connectivity index is 0.